The summed E-state index contributed by atoms with van der Waals surface area (Å²) in [7, 11) is 0. The SMILES string of the molecule is Cc1cc(NCC2(CC(C)C)CCCC2)nc(Cl)n1. The molecule has 1 aliphatic rings. The van der Waals surface area contributed by atoms with Gasteiger partial charge in [0.1, 0.15) is 5.82 Å². The van der Waals surface area contributed by atoms with Gasteiger partial charge in [-0.3, -0.25) is 0 Å². The zero-order chi connectivity index (χ0) is 13.9. The summed E-state index contributed by atoms with van der Waals surface area (Å²) in [6.07, 6.45) is 6.67. The highest BCUT2D eigenvalue weighted by molar-refractivity contribution is 6.28. The number of anilines is 1. The van der Waals surface area contributed by atoms with E-state index in [1.54, 1.807) is 0 Å². The molecule has 0 amide bonds. The summed E-state index contributed by atoms with van der Waals surface area (Å²) in [5, 5.41) is 3.80. The summed E-state index contributed by atoms with van der Waals surface area (Å²) in [6, 6.07) is 1.96. The molecule has 1 N–H and O–H groups in total. The second-order valence-electron chi connectivity index (χ2n) is 6.32. The van der Waals surface area contributed by atoms with Crippen LogP contribution < -0.4 is 5.32 Å². The van der Waals surface area contributed by atoms with E-state index in [4.69, 9.17) is 11.6 Å². The van der Waals surface area contributed by atoms with Crippen molar-refractivity contribution in [2.45, 2.75) is 52.9 Å². The maximum absolute atomic E-state index is 5.90. The third-order valence-electron chi connectivity index (χ3n) is 3.98. The quantitative estimate of drug-likeness (QED) is 0.810. The van der Waals surface area contributed by atoms with Crippen molar-refractivity contribution in [3.63, 3.8) is 0 Å². The van der Waals surface area contributed by atoms with E-state index in [0.29, 0.717) is 10.7 Å². The number of rotatable bonds is 5. The average molecular weight is 282 g/mol. The van der Waals surface area contributed by atoms with Crippen molar-refractivity contribution < 1.29 is 0 Å². The number of nitrogens with zero attached hydrogens (tertiary/aromatic N) is 2. The van der Waals surface area contributed by atoms with Crippen LogP contribution >= 0.6 is 11.6 Å². The number of halogens is 1. The molecule has 106 valence electrons. The minimum absolute atomic E-state index is 0.326. The van der Waals surface area contributed by atoms with Gasteiger partial charge in [-0.15, -0.1) is 0 Å². The Hall–Kier alpha value is -0.830. The molecule has 2 rings (SSSR count). The van der Waals surface area contributed by atoms with Crippen LogP contribution in [0.5, 0.6) is 0 Å². The molecule has 0 radical (unpaired) electrons. The first-order chi connectivity index (χ1) is 8.99. The van der Waals surface area contributed by atoms with Crippen LogP contribution in [-0.4, -0.2) is 16.5 Å². The van der Waals surface area contributed by atoms with Gasteiger partial charge in [0.25, 0.3) is 0 Å². The monoisotopic (exact) mass is 281 g/mol. The fraction of sp³-hybridized carbons (Fsp3) is 0.733. The topological polar surface area (TPSA) is 37.8 Å². The highest BCUT2D eigenvalue weighted by Crippen LogP contribution is 2.43. The van der Waals surface area contributed by atoms with E-state index in [2.05, 4.69) is 29.1 Å². The molecular weight excluding hydrogens is 258 g/mol. The van der Waals surface area contributed by atoms with Crippen molar-refractivity contribution >= 4 is 17.4 Å². The lowest BCUT2D eigenvalue weighted by Crippen LogP contribution is -2.28. The zero-order valence-electron chi connectivity index (χ0n) is 12.2. The Bertz CT molecular complexity index is 405. The van der Waals surface area contributed by atoms with Crippen LogP contribution in [0.25, 0.3) is 0 Å². The van der Waals surface area contributed by atoms with Crippen molar-refractivity contribution in [3.8, 4) is 0 Å². The maximum atomic E-state index is 5.90. The molecule has 3 nitrogen and oxygen atoms in total. The lowest BCUT2D eigenvalue weighted by molar-refractivity contribution is 0.252. The van der Waals surface area contributed by atoms with E-state index in [-0.39, 0.29) is 0 Å². The molecule has 1 heterocycles. The molecule has 1 aromatic rings. The Morgan fingerprint density at radius 2 is 2.00 bits per heavy atom. The van der Waals surface area contributed by atoms with Gasteiger partial charge in [-0.05, 0) is 49.1 Å². The summed E-state index contributed by atoms with van der Waals surface area (Å²) in [5.41, 5.74) is 1.35. The zero-order valence-corrected chi connectivity index (χ0v) is 12.9. The van der Waals surface area contributed by atoms with Crippen LogP contribution in [-0.2, 0) is 0 Å². The van der Waals surface area contributed by atoms with Crippen LogP contribution in [0.4, 0.5) is 5.82 Å². The first-order valence-electron chi connectivity index (χ1n) is 7.24. The molecule has 0 spiro atoms. The van der Waals surface area contributed by atoms with Crippen LogP contribution in [0.2, 0.25) is 5.28 Å². The molecule has 1 saturated carbocycles. The predicted molar refractivity (Wildman–Crippen MR) is 80.6 cm³/mol. The summed E-state index contributed by atoms with van der Waals surface area (Å²) in [6.45, 7) is 7.56. The Kier molecular flexibility index (Phi) is 4.67. The maximum Gasteiger partial charge on any atom is 0.224 e. The predicted octanol–water partition coefficient (Wildman–Crippen LogP) is 4.46. The molecule has 0 saturated heterocycles. The van der Waals surface area contributed by atoms with Crippen molar-refractivity contribution in [3.05, 3.63) is 17.0 Å². The molecule has 0 atom stereocenters. The average Bonchev–Trinajstić information content (AvgIpc) is 2.73. The standard InChI is InChI=1S/C15H24ClN3/c1-11(2)9-15(6-4-5-7-15)10-17-13-8-12(3)18-14(16)19-13/h8,11H,4-7,9-10H2,1-3H3,(H,17,18,19). The molecule has 1 fully saturated rings. The number of hydrogen-bond donors (Lipinski definition) is 1. The van der Waals surface area contributed by atoms with Gasteiger partial charge in [0.2, 0.25) is 5.28 Å². The normalized spacial score (nSPS) is 17.9. The molecule has 19 heavy (non-hydrogen) atoms. The minimum atomic E-state index is 0.326. The molecule has 0 unspecified atom stereocenters. The van der Waals surface area contributed by atoms with E-state index >= 15 is 0 Å². The van der Waals surface area contributed by atoms with Gasteiger partial charge < -0.3 is 5.32 Å². The fourth-order valence-corrected chi connectivity index (χ4v) is 3.57. The van der Waals surface area contributed by atoms with Gasteiger partial charge in [-0.1, -0.05) is 26.7 Å². The Morgan fingerprint density at radius 3 is 2.58 bits per heavy atom. The Balaban J connectivity index is 2.02. The fourth-order valence-electron chi connectivity index (χ4n) is 3.35. The van der Waals surface area contributed by atoms with Gasteiger partial charge in [0.15, 0.2) is 0 Å². The first kappa shape index (κ1) is 14.6. The highest BCUT2D eigenvalue weighted by atomic mass is 35.5. The summed E-state index contributed by atoms with van der Waals surface area (Å²) in [4.78, 5) is 8.34. The van der Waals surface area contributed by atoms with E-state index in [9.17, 15) is 0 Å². The largest absolute Gasteiger partial charge is 0.369 e. The van der Waals surface area contributed by atoms with Crippen molar-refractivity contribution in [2.24, 2.45) is 11.3 Å². The van der Waals surface area contributed by atoms with Crippen LogP contribution in [0, 0.1) is 18.3 Å². The molecule has 0 aliphatic heterocycles. The summed E-state index contributed by atoms with van der Waals surface area (Å²) >= 11 is 5.90. The smallest absolute Gasteiger partial charge is 0.224 e. The second kappa shape index (κ2) is 6.08. The lowest BCUT2D eigenvalue weighted by atomic mass is 9.78. The number of hydrogen-bond acceptors (Lipinski definition) is 3. The van der Waals surface area contributed by atoms with Crippen molar-refractivity contribution in [2.75, 3.05) is 11.9 Å². The van der Waals surface area contributed by atoms with Crippen LogP contribution in [0.15, 0.2) is 6.07 Å². The number of nitrogens with one attached hydrogen (secondary N) is 1. The highest BCUT2D eigenvalue weighted by Gasteiger charge is 2.34. The molecule has 4 heteroatoms. The summed E-state index contributed by atoms with van der Waals surface area (Å²) in [5.74, 6) is 1.60. The number of aromatic nitrogens is 2. The van der Waals surface area contributed by atoms with Crippen molar-refractivity contribution in [1.29, 1.82) is 0 Å². The molecule has 0 aromatic carbocycles. The third kappa shape index (κ3) is 4.07. The summed E-state index contributed by atoms with van der Waals surface area (Å²) < 4.78 is 0. The van der Waals surface area contributed by atoms with E-state index in [1.165, 1.54) is 32.1 Å². The molecular formula is C15H24ClN3. The molecule has 1 aromatic heterocycles. The van der Waals surface area contributed by atoms with Crippen LogP contribution in [0.3, 0.4) is 0 Å². The van der Waals surface area contributed by atoms with Crippen LogP contribution in [0.1, 0.15) is 51.6 Å². The molecule has 0 bridgehead atoms. The van der Waals surface area contributed by atoms with Gasteiger partial charge in [0, 0.05) is 18.3 Å². The lowest BCUT2D eigenvalue weighted by Gasteiger charge is -2.31. The Labute approximate surface area is 121 Å². The van der Waals surface area contributed by atoms with Gasteiger partial charge in [0.05, 0.1) is 0 Å². The Morgan fingerprint density at radius 1 is 1.32 bits per heavy atom. The van der Waals surface area contributed by atoms with E-state index < -0.39 is 0 Å². The third-order valence-corrected chi connectivity index (χ3v) is 4.15. The van der Waals surface area contributed by atoms with Gasteiger partial charge in [-0.25, -0.2) is 9.97 Å². The van der Waals surface area contributed by atoms with Crippen molar-refractivity contribution in [1.82, 2.24) is 9.97 Å². The number of aryl methyl sites for hydroxylation is 1. The minimum Gasteiger partial charge on any atom is -0.369 e. The molecule has 1 aliphatic carbocycles. The van der Waals surface area contributed by atoms with Gasteiger partial charge in [-0.2, -0.15) is 0 Å². The second-order valence-corrected chi connectivity index (χ2v) is 6.66. The first-order valence-corrected chi connectivity index (χ1v) is 7.62. The van der Waals surface area contributed by atoms with Gasteiger partial charge >= 0.3 is 0 Å². The van der Waals surface area contributed by atoms with E-state index in [1.807, 2.05) is 13.0 Å². The van der Waals surface area contributed by atoms with E-state index in [0.717, 1.165) is 24.0 Å².